The van der Waals surface area contributed by atoms with Gasteiger partial charge in [-0.15, -0.1) is 11.3 Å². The highest BCUT2D eigenvalue weighted by molar-refractivity contribution is 7.20. The van der Waals surface area contributed by atoms with Gasteiger partial charge in [0.05, 0.1) is 21.1 Å². The Balaban J connectivity index is 0.000000242. The van der Waals surface area contributed by atoms with Crippen molar-refractivity contribution in [2.75, 3.05) is 59.7 Å². The molecule has 43 heavy (non-hydrogen) atoms. The molecule has 14 heteroatoms. The molecule has 1 aromatic carbocycles. The molecule has 0 unspecified atom stereocenters. The summed E-state index contributed by atoms with van der Waals surface area (Å²) in [6.07, 6.45) is 2.25. The van der Waals surface area contributed by atoms with Crippen molar-refractivity contribution in [3.05, 3.63) is 79.6 Å². The second-order valence-electron chi connectivity index (χ2n) is 10.3. The molecule has 4 aromatic rings. The summed E-state index contributed by atoms with van der Waals surface area (Å²) >= 11 is 0.984. The molecular weight excluding hydrogens is 574 g/mol. The predicted octanol–water partition coefficient (Wildman–Crippen LogP) is 5.49. The van der Waals surface area contributed by atoms with Crippen LogP contribution in [0.4, 0.5) is 16.4 Å². The number of aromatic amines is 1. The molecule has 0 bridgehead atoms. The molecule has 13 nitrogen and oxygen atoms in total. The number of esters is 1. The Bertz CT molecular complexity index is 1570. The number of hydrogen-bond donors (Lipinski definition) is 2. The van der Waals surface area contributed by atoms with E-state index in [-0.39, 0.29) is 15.8 Å². The molecule has 0 aliphatic carbocycles. The number of carbonyl (C=O) groups excluding carboxylic acids is 1. The summed E-state index contributed by atoms with van der Waals surface area (Å²) in [5, 5.41) is 27.0. The van der Waals surface area contributed by atoms with E-state index in [1.54, 1.807) is 24.3 Å². The van der Waals surface area contributed by atoms with Crippen molar-refractivity contribution in [3.63, 3.8) is 0 Å². The lowest BCUT2D eigenvalue weighted by atomic mass is 10.1. The topological polar surface area (TPSA) is 160 Å². The van der Waals surface area contributed by atoms with E-state index in [2.05, 4.69) is 22.2 Å². The van der Waals surface area contributed by atoms with Gasteiger partial charge in [-0.3, -0.25) is 25.2 Å². The van der Waals surface area contributed by atoms with E-state index in [9.17, 15) is 25.0 Å². The number of nitrogens with zero attached hydrogens (tertiary/aromatic N) is 5. The van der Waals surface area contributed by atoms with Crippen molar-refractivity contribution in [2.24, 2.45) is 0 Å². The lowest BCUT2D eigenvalue weighted by molar-refractivity contribution is -0.420. The number of rotatable bonds is 12. The van der Waals surface area contributed by atoms with Gasteiger partial charge in [0.1, 0.15) is 11.5 Å². The Labute approximate surface area is 253 Å². The van der Waals surface area contributed by atoms with Crippen molar-refractivity contribution < 1.29 is 19.4 Å². The number of H-pyrrole nitrogens is 1. The quantitative estimate of drug-likeness (QED) is 0.0907. The monoisotopic (exact) mass is 611 g/mol. The molecule has 0 atom stereocenters. The molecule has 230 valence electrons. The van der Waals surface area contributed by atoms with Gasteiger partial charge in [-0.05, 0) is 90.9 Å². The standard InChI is InChI=1S/C15H20N2O2.C14H17N5O4S/c1-10-11(2)16-14-6-5-12(9-13(10)14)15(18)19-8-7-17(3)4;1-17(2)9-5-8-16-14-12(19(22)23)11(18(20)21)13(24-14)10-6-3-4-7-15-10/h5-6,9,16H,7-8H2,1-4H3;3-4,6-7,16H,5,8-9H2,1-2H3. The van der Waals surface area contributed by atoms with Gasteiger partial charge >= 0.3 is 17.3 Å². The Morgan fingerprint density at radius 2 is 1.72 bits per heavy atom. The highest BCUT2D eigenvalue weighted by Gasteiger charge is 2.37. The Morgan fingerprint density at radius 1 is 1.02 bits per heavy atom. The van der Waals surface area contributed by atoms with Gasteiger partial charge in [0.15, 0.2) is 5.00 Å². The van der Waals surface area contributed by atoms with Crippen LogP contribution in [0.15, 0.2) is 42.6 Å². The number of anilines is 1. The van der Waals surface area contributed by atoms with Gasteiger partial charge in [-0.2, -0.15) is 0 Å². The van der Waals surface area contributed by atoms with Crippen LogP contribution in [-0.4, -0.2) is 90.0 Å². The Kier molecular flexibility index (Phi) is 11.7. The summed E-state index contributed by atoms with van der Waals surface area (Å²) in [5.41, 5.74) is 3.30. The van der Waals surface area contributed by atoms with Crippen LogP contribution in [0.1, 0.15) is 28.0 Å². The van der Waals surface area contributed by atoms with E-state index in [4.69, 9.17) is 4.74 Å². The number of nitrogens with one attached hydrogen (secondary N) is 2. The van der Waals surface area contributed by atoms with Crippen molar-refractivity contribution in [1.82, 2.24) is 19.8 Å². The number of fused-ring (bicyclic) bond motifs is 1. The molecular formula is C29H37N7O6S. The second kappa shape index (κ2) is 15.2. The Hall–Kier alpha value is -4.40. The van der Waals surface area contributed by atoms with Crippen molar-refractivity contribution >= 4 is 44.6 Å². The van der Waals surface area contributed by atoms with Crippen LogP contribution in [-0.2, 0) is 4.74 Å². The van der Waals surface area contributed by atoms with Gasteiger partial charge in [0.2, 0.25) is 0 Å². The number of benzene rings is 1. The number of thiophene rings is 1. The van der Waals surface area contributed by atoms with E-state index in [0.717, 1.165) is 47.4 Å². The van der Waals surface area contributed by atoms with Crippen LogP contribution in [0.5, 0.6) is 0 Å². The fourth-order valence-corrected chi connectivity index (χ4v) is 5.27. The smallest absolute Gasteiger partial charge is 0.380 e. The highest BCUT2D eigenvalue weighted by atomic mass is 32.1. The van der Waals surface area contributed by atoms with Gasteiger partial charge in [-0.1, -0.05) is 6.07 Å². The first-order valence-electron chi connectivity index (χ1n) is 13.6. The van der Waals surface area contributed by atoms with E-state index < -0.39 is 21.2 Å². The maximum absolute atomic E-state index is 11.9. The van der Waals surface area contributed by atoms with Gasteiger partial charge < -0.3 is 24.8 Å². The Morgan fingerprint density at radius 3 is 2.33 bits per heavy atom. The lowest BCUT2D eigenvalue weighted by Crippen LogP contribution is -2.20. The third kappa shape index (κ3) is 8.80. The minimum absolute atomic E-state index is 0.183. The van der Waals surface area contributed by atoms with Crippen LogP contribution >= 0.6 is 11.3 Å². The van der Waals surface area contributed by atoms with Gasteiger partial charge in [0.25, 0.3) is 0 Å². The molecule has 0 saturated carbocycles. The summed E-state index contributed by atoms with van der Waals surface area (Å²) in [6.45, 7) is 6.52. The zero-order valence-electron chi connectivity index (χ0n) is 25.2. The molecule has 3 heterocycles. The second-order valence-corrected chi connectivity index (χ2v) is 11.4. The van der Waals surface area contributed by atoms with E-state index in [1.165, 1.54) is 11.8 Å². The van der Waals surface area contributed by atoms with E-state index >= 15 is 0 Å². The highest BCUT2D eigenvalue weighted by Crippen LogP contribution is 2.49. The molecule has 0 saturated heterocycles. The van der Waals surface area contributed by atoms with Crippen LogP contribution in [0.2, 0.25) is 0 Å². The average Bonchev–Trinajstić information content (AvgIpc) is 3.48. The maximum Gasteiger partial charge on any atom is 0.380 e. The minimum atomic E-state index is -0.719. The number of carbonyl (C=O) groups is 1. The van der Waals surface area contributed by atoms with Gasteiger partial charge in [-0.25, -0.2) is 4.79 Å². The molecule has 4 rings (SSSR count). The SMILES string of the molecule is CN(C)CCCNc1sc(-c2ccccn2)c([N+](=O)[O-])c1[N+](=O)[O-].Cc1[nH]c2ccc(C(=O)OCCN(C)C)cc2c1C. The zero-order chi connectivity index (χ0) is 31.7. The number of pyridine rings is 1. The molecule has 0 fully saturated rings. The average molecular weight is 612 g/mol. The summed E-state index contributed by atoms with van der Waals surface area (Å²) in [4.78, 5) is 44.8. The number of hydrogen-bond acceptors (Lipinski definition) is 11. The van der Waals surface area contributed by atoms with E-state index in [1.807, 2.05) is 57.0 Å². The number of likely N-dealkylation sites (N-methyl/N-ethyl adjacent to an activating group) is 1. The van der Waals surface area contributed by atoms with Crippen LogP contribution < -0.4 is 5.32 Å². The van der Waals surface area contributed by atoms with Gasteiger partial charge in [0, 0.05) is 35.9 Å². The summed E-state index contributed by atoms with van der Waals surface area (Å²) in [7, 11) is 7.76. The third-order valence-electron chi connectivity index (χ3n) is 6.50. The molecule has 0 amide bonds. The summed E-state index contributed by atoms with van der Waals surface area (Å²) in [5.74, 6) is -0.262. The molecule has 0 aliphatic heterocycles. The first-order chi connectivity index (χ1) is 20.4. The molecule has 0 spiro atoms. The van der Waals surface area contributed by atoms with Crippen LogP contribution in [0.3, 0.4) is 0 Å². The summed E-state index contributed by atoms with van der Waals surface area (Å²) < 4.78 is 5.24. The van der Waals surface area contributed by atoms with Crippen LogP contribution in [0.25, 0.3) is 21.5 Å². The van der Waals surface area contributed by atoms with Crippen molar-refractivity contribution in [1.29, 1.82) is 0 Å². The van der Waals surface area contributed by atoms with E-state index in [0.29, 0.717) is 24.4 Å². The maximum atomic E-state index is 11.9. The number of aromatic nitrogens is 2. The fraction of sp³-hybridized carbons (Fsp3) is 0.379. The normalized spacial score (nSPS) is 11.0. The first kappa shape index (κ1) is 33.1. The number of aryl methyl sites for hydroxylation is 2. The molecule has 0 aliphatic rings. The van der Waals surface area contributed by atoms with Crippen LogP contribution in [0, 0.1) is 34.1 Å². The lowest BCUT2D eigenvalue weighted by Gasteiger charge is -2.10. The first-order valence-corrected chi connectivity index (χ1v) is 14.4. The number of nitro groups is 2. The summed E-state index contributed by atoms with van der Waals surface area (Å²) in [6, 6.07) is 10.6. The molecule has 3 aromatic heterocycles. The van der Waals surface area contributed by atoms with Crippen molar-refractivity contribution in [3.8, 4) is 10.6 Å². The van der Waals surface area contributed by atoms with Crippen molar-refractivity contribution in [2.45, 2.75) is 20.3 Å². The third-order valence-corrected chi connectivity index (χ3v) is 7.65. The molecule has 0 radical (unpaired) electrons. The number of ether oxygens (including phenoxy) is 1. The zero-order valence-corrected chi connectivity index (χ0v) is 26.0. The largest absolute Gasteiger partial charge is 0.461 e. The molecule has 2 N–H and O–H groups in total. The fourth-order valence-electron chi connectivity index (χ4n) is 4.13. The minimum Gasteiger partial charge on any atom is -0.461 e. The predicted molar refractivity (Wildman–Crippen MR) is 169 cm³/mol.